The molecule has 0 aliphatic carbocycles. The van der Waals surface area contributed by atoms with Crippen molar-refractivity contribution < 1.29 is 19.7 Å². The molecule has 0 saturated heterocycles. The summed E-state index contributed by atoms with van der Waals surface area (Å²) in [4.78, 5) is 0. The van der Waals surface area contributed by atoms with E-state index >= 15 is 0 Å². The Bertz CT molecular complexity index is 385. The molecule has 0 unspecified atom stereocenters. The number of hydrogen-bond donors (Lipinski definition) is 2. The molecule has 17 heavy (non-hydrogen) atoms. The lowest BCUT2D eigenvalue weighted by atomic mass is 10.0. The van der Waals surface area contributed by atoms with Crippen molar-refractivity contribution in [3.63, 3.8) is 0 Å². The molecule has 0 heterocycles. The molecular weight excluding hydrogens is 220 g/mol. The van der Waals surface area contributed by atoms with E-state index in [0.29, 0.717) is 24.5 Å². The number of allylic oxidation sites excluding steroid dienone is 1. The number of rotatable bonds is 6. The first-order chi connectivity index (χ1) is 8.20. The van der Waals surface area contributed by atoms with Crippen LogP contribution in [0.25, 0.3) is 5.57 Å². The van der Waals surface area contributed by atoms with Gasteiger partial charge in [0.05, 0.1) is 18.8 Å². The molecule has 0 bridgehead atoms. The molecule has 0 spiro atoms. The minimum Gasteiger partial charge on any atom is -0.507 e. The zero-order valence-electron chi connectivity index (χ0n) is 10.1. The fourth-order valence-corrected chi connectivity index (χ4v) is 1.51. The van der Waals surface area contributed by atoms with Crippen LogP contribution < -0.4 is 4.74 Å². The summed E-state index contributed by atoms with van der Waals surface area (Å²) in [5.41, 5.74) is 1.38. The van der Waals surface area contributed by atoms with Gasteiger partial charge in [0.1, 0.15) is 18.1 Å². The van der Waals surface area contributed by atoms with E-state index in [0.717, 1.165) is 5.57 Å². The zero-order chi connectivity index (χ0) is 12.7. The van der Waals surface area contributed by atoms with Gasteiger partial charge in [-0.05, 0) is 24.6 Å². The molecule has 1 aromatic carbocycles. The molecule has 0 radical (unpaired) electrons. The molecule has 2 N–H and O–H groups in total. The van der Waals surface area contributed by atoms with Crippen LogP contribution in [0.2, 0.25) is 0 Å². The highest BCUT2D eigenvalue weighted by atomic mass is 16.5. The van der Waals surface area contributed by atoms with E-state index in [2.05, 4.69) is 0 Å². The number of benzene rings is 1. The van der Waals surface area contributed by atoms with Crippen LogP contribution in [0.1, 0.15) is 12.5 Å². The van der Waals surface area contributed by atoms with Gasteiger partial charge in [0.2, 0.25) is 0 Å². The SMILES string of the molecule is COCCOc1cccc(O)c1/C(C)=C\CO. The first-order valence-corrected chi connectivity index (χ1v) is 5.42. The quantitative estimate of drug-likeness (QED) is 0.742. The number of phenols is 1. The predicted molar refractivity (Wildman–Crippen MR) is 66.2 cm³/mol. The number of ether oxygens (including phenoxy) is 2. The monoisotopic (exact) mass is 238 g/mol. The third-order valence-corrected chi connectivity index (χ3v) is 2.34. The van der Waals surface area contributed by atoms with Crippen molar-refractivity contribution in [2.24, 2.45) is 0 Å². The Balaban J connectivity index is 2.96. The standard InChI is InChI=1S/C13H18O4/c1-10(6-7-14)13-11(15)4-3-5-12(13)17-9-8-16-2/h3-6,14-15H,7-9H2,1-2H3/b10-6-. The predicted octanol–water partition coefficient (Wildman–Crippen LogP) is 1.81. The number of hydrogen-bond acceptors (Lipinski definition) is 4. The van der Waals surface area contributed by atoms with E-state index in [1.54, 1.807) is 31.4 Å². The normalized spacial score (nSPS) is 11.6. The average Bonchev–Trinajstić information content (AvgIpc) is 2.29. The lowest BCUT2D eigenvalue weighted by Gasteiger charge is -2.13. The second-order valence-electron chi connectivity index (χ2n) is 3.56. The van der Waals surface area contributed by atoms with E-state index in [9.17, 15) is 5.11 Å². The zero-order valence-corrected chi connectivity index (χ0v) is 10.1. The van der Waals surface area contributed by atoms with Crippen molar-refractivity contribution in [3.8, 4) is 11.5 Å². The van der Waals surface area contributed by atoms with E-state index in [4.69, 9.17) is 14.6 Å². The molecule has 0 fully saturated rings. The van der Waals surface area contributed by atoms with Gasteiger partial charge in [0.15, 0.2) is 0 Å². The minimum atomic E-state index is -0.0717. The van der Waals surface area contributed by atoms with Gasteiger partial charge in [-0.25, -0.2) is 0 Å². The van der Waals surface area contributed by atoms with Crippen molar-refractivity contribution in [2.45, 2.75) is 6.92 Å². The number of aromatic hydroxyl groups is 1. The van der Waals surface area contributed by atoms with E-state index in [-0.39, 0.29) is 12.4 Å². The summed E-state index contributed by atoms with van der Waals surface area (Å²) < 4.78 is 10.4. The third kappa shape index (κ3) is 3.76. The molecule has 94 valence electrons. The maximum absolute atomic E-state index is 9.81. The second kappa shape index (κ2) is 6.93. The Morgan fingerprint density at radius 3 is 2.76 bits per heavy atom. The fourth-order valence-electron chi connectivity index (χ4n) is 1.51. The van der Waals surface area contributed by atoms with Crippen LogP contribution in [0.5, 0.6) is 11.5 Å². The molecule has 0 aromatic heterocycles. The maximum Gasteiger partial charge on any atom is 0.130 e. The van der Waals surface area contributed by atoms with Crippen LogP contribution in [-0.4, -0.2) is 37.1 Å². The Labute approximate surface area is 101 Å². The van der Waals surface area contributed by atoms with Crippen LogP contribution in [0.3, 0.4) is 0 Å². The van der Waals surface area contributed by atoms with Crippen LogP contribution in [0.15, 0.2) is 24.3 Å². The van der Waals surface area contributed by atoms with Gasteiger partial charge in [-0.15, -0.1) is 0 Å². The largest absolute Gasteiger partial charge is 0.507 e. The lowest BCUT2D eigenvalue weighted by molar-refractivity contribution is 0.146. The molecular formula is C13H18O4. The van der Waals surface area contributed by atoms with Crippen LogP contribution in [0, 0.1) is 0 Å². The number of aliphatic hydroxyl groups is 1. The van der Waals surface area contributed by atoms with E-state index in [1.807, 2.05) is 6.92 Å². The van der Waals surface area contributed by atoms with Crippen LogP contribution >= 0.6 is 0 Å². The van der Waals surface area contributed by atoms with Gasteiger partial charge < -0.3 is 19.7 Å². The summed E-state index contributed by atoms with van der Waals surface area (Å²) >= 11 is 0. The Hall–Kier alpha value is -1.52. The molecule has 4 heteroatoms. The number of aliphatic hydroxyl groups excluding tert-OH is 1. The molecule has 4 nitrogen and oxygen atoms in total. The van der Waals surface area contributed by atoms with Gasteiger partial charge in [0, 0.05) is 7.11 Å². The summed E-state index contributed by atoms with van der Waals surface area (Å²) in [6, 6.07) is 5.08. The third-order valence-electron chi connectivity index (χ3n) is 2.34. The highest BCUT2D eigenvalue weighted by molar-refractivity contribution is 5.73. The van der Waals surface area contributed by atoms with Gasteiger partial charge in [-0.2, -0.15) is 0 Å². The summed E-state index contributed by atoms with van der Waals surface area (Å²) in [5, 5.41) is 18.7. The summed E-state index contributed by atoms with van der Waals surface area (Å²) in [7, 11) is 1.60. The first kappa shape index (κ1) is 13.5. The van der Waals surface area contributed by atoms with Gasteiger partial charge in [-0.3, -0.25) is 0 Å². The fraction of sp³-hybridized carbons (Fsp3) is 0.385. The highest BCUT2D eigenvalue weighted by Crippen LogP contribution is 2.33. The molecule has 1 rings (SSSR count). The Kier molecular flexibility index (Phi) is 5.52. The Morgan fingerprint density at radius 2 is 2.12 bits per heavy atom. The Morgan fingerprint density at radius 1 is 1.35 bits per heavy atom. The molecule has 0 saturated carbocycles. The van der Waals surface area contributed by atoms with Gasteiger partial charge in [0.25, 0.3) is 0 Å². The smallest absolute Gasteiger partial charge is 0.130 e. The summed E-state index contributed by atoms with van der Waals surface area (Å²) in [5.74, 6) is 0.728. The highest BCUT2D eigenvalue weighted by Gasteiger charge is 2.10. The van der Waals surface area contributed by atoms with E-state index < -0.39 is 0 Å². The van der Waals surface area contributed by atoms with Crippen LogP contribution in [0.4, 0.5) is 0 Å². The first-order valence-electron chi connectivity index (χ1n) is 5.42. The van der Waals surface area contributed by atoms with Crippen molar-refractivity contribution in [1.29, 1.82) is 0 Å². The number of phenolic OH excluding ortho intramolecular Hbond substituents is 1. The van der Waals surface area contributed by atoms with Crippen molar-refractivity contribution in [2.75, 3.05) is 26.9 Å². The molecule has 0 amide bonds. The molecule has 1 aromatic rings. The minimum absolute atomic E-state index is 0.0717. The summed E-state index contributed by atoms with van der Waals surface area (Å²) in [6.07, 6.45) is 1.62. The van der Waals surface area contributed by atoms with Gasteiger partial charge >= 0.3 is 0 Å². The second-order valence-corrected chi connectivity index (χ2v) is 3.56. The van der Waals surface area contributed by atoms with Gasteiger partial charge in [-0.1, -0.05) is 12.1 Å². The maximum atomic E-state index is 9.81. The molecule has 0 aliphatic heterocycles. The average molecular weight is 238 g/mol. The topological polar surface area (TPSA) is 58.9 Å². The van der Waals surface area contributed by atoms with Crippen molar-refractivity contribution >= 4 is 5.57 Å². The lowest BCUT2D eigenvalue weighted by Crippen LogP contribution is -2.05. The summed E-state index contributed by atoms with van der Waals surface area (Å²) in [6.45, 7) is 2.64. The number of methoxy groups -OCH3 is 1. The van der Waals surface area contributed by atoms with Crippen molar-refractivity contribution in [3.05, 3.63) is 29.8 Å². The molecule has 0 aliphatic rings. The molecule has 0 atom stereocenters. The van der Waals surface area contributed by atoms with Crippen molar-refractivity contribution in [1.82, 2.24) is 0 Å². The van der Waals surface area contributed by atoms with Crippen LogP contribution in [-0.2, 0) is 4.74 Å². The van der Waals surface area contributed by atoms with E-state index in [1.165, 1.54) is 0 Å².